The smallest absolute Gasteiger partial charge is 0.268 e. The van der Waals surface area contributed by atoms with E-state index in [0.29, 0.717) is 42.0 Å². The van der Waals surface area contributed by atoms with Gasteiger partial charge in [0.25, 0.3) is 11.8 Å². The topological polar surface area (TPSA) is 108 Å². The summed E-state index contributed by atoms with van der Waals surface area (Å²) in [5.41, 5.74) is 1.11. The predicted octanol–water partition coefficient (Wildman–Crippen LogP) is 4.74. The summed E-state index contributed by atoms with van der Waals surface area (Å²) in [4.78, 5) is 26.3. The lowest BCUT2D eigenvalue weighted by Gasteiger charge is -2.19. The predicted molar refractivity (Wildman–Crippen MR) is 139 cm³/mol. The van der Waals surface area contributed by atoms with Crippen LogP contribution in [0.3, 0.4) is 0 Å². The van der Waals surface area contributed by atoms with Gasteiger partial charge in [0.05, 0.1) is 39.7 Å². The molecule has 0 aliphatic heterocycles. The molecule has 0 saturated heterocycles. The summed E-state index contributed by atoms with van der Waals surface area (Å²) in [5.74, 6) is 1.52. The maximum atomic E-state index is 13.3. The number of benzene rings is 2. The van der Waals surface area contributed by atoms with Gasteiger partial charge in [-0.2, -0.15) is 0 Å². The average molecular weight is 509 g/mol. The number of methoxy groups -OCH3 is 2. The Morgan fingerprint density at radius 1 is 0.919 bits per heavy atom. The minimum absolute atomic E-state index is 0.0116. The Bertz CT molecular complexity index is 1240. The first kappa shape index (κ1) is 27.2. The molecule has 2 amide bonds. The Balaban J connectivity index is 1.83. The summed E-state index contributed by atoms with van der Waals surface area (Å²) >= 11 is 0. The molecule has 0 saturated carbocycles. The van der Waals surface area contributed by atoms with Crippen LogP contribution in [0.25, 0.3) is 6.08 Å². The standard InChI is InChI=1S/C28H32N2O7/c1-6-35-24-13-10-19(15-26(24)36-7-2)18(3)29-28(32)22(17-21-9-8-14-37-21)30-27(31)20-11-12-23(33-4)25(16-20)34-5/h8-18H,6-7H2,1-5H3,(H,29,32)(H,30,31)/b22-17-/t18-/m0/s1. The Kier molecular flexibility index (Phi) is 9.60. The van der Waals surface area contributed by atoms with E-state index in [1.54, 1.807) is 24.3 Å². The second-order valence-corrected chi connectivity index (χ2v) is 7.86. The zero-order chi connectivity index (χ0) is 26.8. The molecule has 9 nitrogen and oxygen atoms in total. The van der Waals surface area contributed by atoms with Gasteiger partial charge in [0.1, 0.15) is 11.5 Å². The number of hydrogen-bond acceptors (Lipinski definition) is 7. The van der Waals surface area contributed by atoms with E-state index in [4.69, 9.17) is 23.4 Å². The first-order chi connectivity index (χ1) is 17.9. The van der Waals surface area contributed by atoms with Gasteiger partial charge in [-0.15, -0.1) is 0 Å². The first-order valence-electron chi connectivity index (χ1n) is 11.9. The summed E-state index contributed by atoms with van der Waals surface area (Å²) in [6, 6.07) is 13.2. The molecule has 3 rings (SSSR count). The molecule has 0 unspecified atom stereocenters. The molecule has 196 valence electrons. The van der Waals surface area contributed by atoms with Crippen molar-refractivity contribution in [3.05, 3.63) is 77.4 Å². The molecule has 0 fully saturated rings. The van der Waals surface area contributed by atoms with Gasteiger partial charge in [-0.1, -0.05) is 6.07 Å². The van der Waals surface area contributed by atoms with Gasteiger partial charge in [-0.3, -0.25) is 9.59 Å². The van der Waals surface area contributed by atoms with Crippen molar-refractivity contribution in [1.29, 1.82) is 0 Å². The van der Waals surface area contributed by atoms with Gasteiger partial charge >= 0.3 is 0 Å². The van der Waals surface area contributed by atoms with E-state index in [0.717, 1.165) is 5.56 Å². The number of ether oxygens (including phenoxy) is 4. The van der Waals surface area contributed by atoms with Gasteiger partial charge in [-0.05, 0) is 68.8 Å². The molecule has 3 aromatic rings. The molecular weight excluding hydrogens is 476 g/mol. The van der Waals surface area contributed by atoms with Gasteiger partial charge < -0.3 is 34.0 Å². The Morgan fingerprint density at radius 2 is 1.62 bits per heavy atom. The lowest BCUT2D eigenvalue weighted by Crippen LogP contribution is -2.36. The monoisotopic (exact) mass is 508 g/mol. The summed E-state index contributed by atoms with van der Waals surface area (Å²) < 4.78 is 27.2. The largest absolute Gasteiger partial charge is 0.493 e. The Morgan fingerprint density at radius 3 is 2.27 bits per heavy atom. The number of carbonyl (C=O) groups is 2. The van der Waals surface area contributed by atoms with E-state index in [9.17, 15) is 9.59 Å². The van der Waals surface area contributed by atoms with Crippen LogP contribution in [-0.4, -0.2) is 39.2 Å². The molecule has 0 aliphatic carbocycles. The van der Waals surface area contributed by atoms with Crippen molar-refractivity contribution in [2.45, 2.75) is 26.8 Å². The highest BCUT2D eigenvalue weighted by molar-refractivity contribution is 6.05. The van der Waals surface area contributed by atoms with E-state index in [-0.39, 0.29) is 11.3 Å². The molecule has 1 aromatic heterocycles. The zero-order valence-corrected chi connectivity index (χ0v) is 21.6. The van der Waals surface area contributed by atoms with Crippen LogP contribution in [0.5, 0.6) is 23.0 Å². The van der Waals surface area contributed by atoms with Crippen molar-refractivity contribution in [2.75, 3.05) is 27.4 Å². The van der Waals surface area contributed by atoms with Crippen molar-refractivity contribution in [1.82, 2.24) is 10.6 Å². The highest BCUT2D eigenvalue weighted by Gasteiger charge is 2.20. The molecule has 0 spiro atoms. The zero-order valence-electron chi connectivity index (χ0n) is 21.6. The molecule has 2 aromatic carbocycles. The van der Waals surface area contributed by atoms with Gasteiger partial charge in [0.2, 0.25) is 0 Å². The van der Waals surface area contributed by atoms with Crippen molar-refractivity contribution < 1.29 is 33.0 Å². The third-order valence-electron chi connectivity index (χ3n) is 5.38. The van der Waals surface area contributed by atoms with Crippen LogP contribution in [0.1, 0.15) is 48.5 Å². The Labute approximate surface area is 216 Å². The molecule has 9 heteroatoms. The molecular formula is C28H32N2O7. The number of hydrogen-bond donors (Lipinski definition) is 2. The number of rotatable bonds is 12. The second kappa shape index (κ2) is 13.1. The van der Waals surface area contributed by atoms with Crippen molar-refractivity contribution in [3.8, 4) is 23.0 Å². The number of furan rings is 1. The summed E-state index contributed by atoms with van der Waals surface area (Å²) in [5, 5.41) is 5.61. The fraction of sp³-hybridized carbons (Fsp3) is 0.286. The fourth-order valence-electron chi connectivity index (χ4n) is 3.54. The van der Waals surface area contributed by atoms with Crippen LogP contribution in [0.4, 0.5) is 0 Å². The normalized spacial score (nSPS) is 11.9. The van der Waals surface area contributed by atoms with Crippen LogP contribution in [0.2, 0.25) is 0 Å². The van der Waals surface area contributed by atoms with Crippen LogP contribution >= 0.6 is 0 Å². The number of carbonyl (C=O) groups excluding carboxylic acids is 2. The van der Waals surface area contributed by atoms with E-state index in [1.807, 2.05) is 39.0 Å². The average Bonchev–Trinajstić information content (AvgIpc) is 3.42. The number of amides is 2. The van der Waals surface area contributed by atoms with Crippen LogP contribution < -0.4 is 29.6 Å². The number of nitrogens with one attached hydrogen (secondary N) is 2. The van der Waals surface area contributed by atoms with E-state index >= 15 is 0 Å². The molecule has 0 radical (unpaired) electrons. The van der Waals surface area contributed by atoms with Gasteiger partial charge in [0.15, 0.2) is 23.0 Å². The minimum atomic E-state index is -0.499. The van der Waals surface area contributed by atoms with Gasteiger partial charge in [-0.25, -0.2) is 0 Å². The highest BCUT2D eigenvalue weighted by atomic mass is 16.5. The maximum Gasteiger partial charge on any atom is 0.268 e. The van der Waals surface area contributed by atoms with E-state index < -0.39 is 17.9 Å². The SMILES string of the molecule is CCOc1ccc([C@H](C)NC(=O)/C(=C/c2ccco2)NC(=O)c2ccc(OC)c(OC)c2)cc1OCC. The molecule has 0 aliphatic rings. The lowest BCUT2D eigenvalue weighted by molar-refractivity contribution is -0.118. The van der Waals surface area contributed by atoms with Crippen LogP contribution in [0.15, 0.2) is 64.9 Å². The van der Waals surface area contributed by atoms with Crippen LogP contribution in [-0.2, 0) is 4.79 Å². The van der Waals surface area contributed by atoms with E-state index in [2.05, 4.69) is 10.6 Å². The summed E-state index contributed by atoms with van der Waals surface area (Å²) in [7, 11) is 2.99. The van der Waals surface area contributed by atoms with Gasteiger partial charge in [0, 0.05) is 11.6 Å². The lowest BCUT2D eigenvalue weighted by atomic mass is 10.1. The van der Waals surface area contributed by atoms with Crippen molar-refractivity contribution >= 4 is 17.9 Å². The highest BCUT2D eigenvalue weighted by Crippen LogP contribution is 2.31. The summed E-state index contributed by atoms with van der Waals surface area (Å²) in [6.45, 7) is 6.61. The summed E-state index contributed by atoms with van der Waals surface area (Å²) in [6.07, 6.45) is 2.94. The fourth-order valence-corrected chi connectivity index (χ4v) is 3.54. The molecule has 1 heterocycles. The van der Waals surface area contributed by atoms with Crippen molar-refractivity contribution in [3.63, 3.8) is 0 Å². The molecule has 1 atom stereocenters. The molecule has 2 N–H and O–H groups in total. The third kappa shape index (κ3) is 7.07. The maximum absolute atomic E-state index is 13.3. The van der Waals surface area contributed by atoms with Crippen LogP contribution in [0, 0.1) is 0 Å². The third-order valence-corrected chi connectivity index (χ3v) is 5.38. The second-order valence-electron chi connectivity index (χ2n) is 7.86. The van der Waals surface area contributed by atoms with Crippen molar-refractivity contribution in [2.24, 2.45) is 0 Å². The minimum Gasteiger partial charge on any atom is -0.493 e. The Hall–Kier alpha value is -4.40. The molecule has 37 heavy (non-hydrogen) atoms. The van der Waals surface area contributed by atoms with E-state index in [1.165, 1.54) is 32.6 Å². The molecule has 0 bridgehead atoms. The quantitative estimate of drug-likeness (QED) is 0.340. The first-order valence-corrected chi connectivity index (χ1v) is 11.9.